The van der Waals surface area contributed by atoms with Gasteiger partial charge in [0.2, 0.25) is 0 Å². The van der Waals surface area contributed by atoms with Crippen molar-refractivity contribution in [2.75, 3.05) is 11.9 Å². The van der Waals surface area contributed by atoms with Gasteiger partial charge in [0, 0.05) is 30.7 Å². The Kier molecular flexibility index (Phi) is 6.47. The Hall–Kier alpha value is -3.81. The first kappa shape index (κ1) is 19.9. The summed E-state index contributed by atoms with van der Waals surface area (Å²) >= 11 is 0. The normalized spacial score (nSPS) is 10.3. The van der Waals surface area contributed by atoms with Gasteiger partial charge < -0.3 is 15.4 Å². The van der Waals surface area contributed by atoms with E-state index in [0.717, 1.165) is 11.3 Å². The number of aryl methyl sites for hydroxylation is 1. The molecule has 1 aromatic carbocycles. The number of anilines is 2. The molecule has 2 heterocycles. The van der Waals surface area contributed by atoms with Gasteiger partial charge in [-0.15, -0.1) is 0 Å². The molecule has 0 bridgehead atoms. The maximum absolute atomic E-state index is 12.5. The quantitative estimate of drug-likeness (QED) is 0.596. The van der Waals surface area contributed by atoms with Crippen LogP contribution in [-0.2, 0) is 11.3 Å². The minimum absolute atomic E-state index is 0.261. The number of ether oxygens (including phenoxy) is 1. The fourth-order valence-electron chi connectivity index (χ4n) is 2.57. The minimum Gasteiger partial charge on any atom is -0.462 e. The van der Waals surface area contributed by atoms with Crippen LogP contribution >= 0.6 is 0 Å². The van der Waals surface area contributed by atoms with Gasteiger partial charge in [0.15, 0.2) is 0 Å². The van der Waals surface area contributed by atoms with Gasteiger partial charge in [-0.2, -0.15) is 0 Å². The monoisotopic (exact) mass is 391 g/mol. The van der Waals surface area contributed by atoms with Crippen LogP contribution in [0.2, 0.25) is 0 Å². The average Bonchev–Trinajstić information content (AvgIpc) is 2.73. The third kappa shape index (κ3) is 5.58. The first-order valence-corrected chi connectivity index (χ1v) is 9.12. The fourth-order valence-corrected chi connectivity index (χ4v) is 2.57. The highest BCUT2D eigenvalue weighted by Gasteiger charge is 2.11. The second kappa shape index (κ2) is 9.41. The van der Waals surface area contributed by atoms with E-state index < -0.39 is 0 Å². The Morgan fingerprint density at radius 3 is 2.45 bits per heavy atom. The lowest BCUT2D eigenvalue weighted by Crippen LogP contribution is -2.24. The molecule has 0 radical (unpaired) electrons. The molecule has 0 aliphatic rings. The molecule has 148 valence electrons. The van der Waals surface area contributed by atoms with Crippen molar-refractivity contribution < 1.29 is 14.3 Å². The number of benzene rings is 1. The maximum atomic E-state index is 12.5. The number of esters is 1. The molecule has 8 heteroatoms. The van der Waals surface area contributed by atoms with Crippen LogP contribution in [0.15, 0.2) is 54.9 Å². The van der Waals surface area contributed by atoms with Crippen LogP contribution in [0.25, 0.3) is 0 Å². The molecule has 0 atom stereocenters. The summed E-state index contributed by atoms with van der Waals surface area (Å²) in [6.45, 7) is 4.18. The molecule has 3 rings (SSSR count). The molecular weight excluding hydrogens is 370 g/mol. The third-order valence-corrected chi connectivity index (χ3v) is 3.94. The van der Waals surface area contributed by atoms with Crippen molar-refractivity contribution in [3.05, 3.63) is 77.5 Å². The summed E-state index contributed by atoms with van der Waals surface area (Å²) in [7, 11) is 0. The lowest BCUT2D eigenvalue weighted by molar-refractivity contribution is 0.0526. The van der Waals surface area contributed by atoms with Gasteiger partial charge in [0.05, 0.1) is 12.2 Å². The van der Waals surface area contributed by atoms with Crippen molar-refractivity contribution in [1.82, 2.24) is 20.3 Å². The number of nitrogens with one attached hydrogen (secondary N) is 2. The van der Waals surface area contributed by atoms with Crippen molar-refractivity contribution in [2.45, 2.75) is 20.4 Å². The molecule has 8 nitrogen and oxygen atoms in total. The summed E-state index contributed by atoms with van der Waals surface area (Å²) in [5, 5.41) is 5.95. The average molecular weight is 391 g/mol. The highest BCUT2D eigenvalue weighted by Crippen LogP contribution is 2.17. The van der Waals surface area contributed by atoms with E-state index >= 15 is 0 Å². The summed E-state index contributed by atoms with van der Waals surface area (Å²) in [6.07, 6.45) is 3.34. The van der Waals surface area contributed by atoms with Crippen LogP contribution in [0, 0.1) is 6.92 Å². The lowest BCUT2D eigenvalue weighted by Gasteiger charge is -2.10. The Morgan fingerprint density at radius 2 is 1.76 bits per heavy atom. The first-order valence-electron chi connectivity index (χ1n) is 9.12. The molecule has 0 fully saturated rings. The SMILES string of the molecule is CCOC(=O)c1ccc(Nc2cc(C(=O)NCc3ccncc3)nc(C)n2)cc1. The summed E-state index contributed by atoms with van der Waals surface area (Å²) < 4.78 is 4.97. The zero-order valence-corrected chi connectivity index (χ0v) is 16.2. The Balaban J connectivity index is 1.68. The van der Waals surface area contributed by atoms with Gasteiger partial charge in [-0.3, -0.25) is 9.78 Å². The van der Waals surface area contributed by atoms with Crippen LogP contribution in [0.1, 0.15) is 39.2 Å². The molecule has 0 aliphatic heterocycles. The molecule has 0 saturated carbocycles. The topological polar surface area (TPSA) is 106 Å². The molecule has 3 aromatic rings. The predicted molar refractivity (Wildman–Crippen MR) is 108 cm³/mol. The highest BCUT2D eigenvalue weighted by atomic mass is 16.5. The van der Waals surface area contributed by atoms with E-state index in [9.17, 15) is 9.59 Å². The van der Waals surface area contributed by atoms with Crippen LogP contribution in [-0.4, -0.2) is 33.4 Å². The Bertz CT molecular complexity index is 991. The number of hydrogen-bond acceptors (Lipinski definition) is 7. The molecule has 0 unspecified atom stereocenters. The number of carbonyl (C=O) groups is 2. The summed E-state index contributed by atoms with van der Waals surface area (Å²) in [5.41, 5.74) is 2.39. The maximum Gasteiger partial charge on any atom is 0.338 e. The zero-order valence-electron chi connectivity index (χ0n) is 16.2. The summed E-state index contributed by atoms with van der Waals surface area (Å²) in [4.78, 5) is 36.7. The Morgan fingerprint density at radius 1 is 1.03 bits per heavy atom. The van der Waals surface area contributed by atoms with Gasteiger partial charge >= 0.3 is 5.97 Å². The molecule has 0 aliphatic carbocycles. The predicted octanol–water partition coefficient (Wildman–Crippen LogP) is 3.03. The van der Waals surface area contributed by atoms with Crippen molar-refractivity contribution in [3.63, 3.8) is 0 Å². The van der Waals surface area contributed by atoms with Crippen LogP contribution in [0.5, 0.6) is 0 Å². The second-order valence-corrected chi connectivity index (χ2v) is 6.15. The molecule has 2 N–H and O–H groups in total. The number of hydrogen-bond donors (Lipinski definition) is 2. The highest BCUT2D eigenvalue weighted by molar-refractivity contribution is 5.93. The van der Waals surface area contributed by atoms with Crippen LogP contribution in [0.4, 0.5) is 11.5 Å². The number of rotatable bonds is 7. The van der Waals surface area contributed by atoms with Crippen molar-refractivity contribution in [2.24, 2.45) is 0 Å². The number of pyridine rings is 1. The molecule has 0 saturated heterocycles. The van der Waals surface area contributed by atoms with E-state index in [2.05, 4.69) is 25.6 Å². The van der Waals surface area contributed by atoms with Crippen molar-refractivity contribution in [3.8, 4) is 0 Å². The lowest BCUT2D eigenvalue weighted by atomic mass is 10.2. The zero-order chi connectivity index (χ0) is 20.6. The van der Waals surface area contributed by atoms with E-state index in [1.54, 1.807) is 56.6 Å². The number of carbonyl (C=O) groups excluding carboxylic acids is 2. The van der Waals surface area contributed by atoms with Gasteiger partial charge in [-0.05, 0) is 55.8 Å². The van der Waals surface area contributed by atoms with E-state index in [0.29, 0.717) is 30.4 Å². The first-order chi connectivity index (χ1) is 14.0. The number of nitrogens with zero attached hydrogens (tertiary/aromatic N) is 3. The van der Waals surface area contributed by atoms with Crippen molar-refractivity contribution in [1.29, 1.82) is 0 Å². The van der Waals surface area contributed by atoms with Crippen molar-refractivity contribution >= 4 is 23.4 Å². The summed E-state index contributed by atoms with van der Waals surface area (Å²) in [5.74, 6) is 0.278. The van der Waals surface area contributed by atoms with E-state index in [1.165, 1.54) is 0 Å². The van der Waals surface area contributed by atoms with Gasteiger partial charge in [0.25, 0.3) is 5.91 Å². The van der Waals surface area contributed by atoms with E-state index in [1.807, 2.05) is 12.1 Å². The second-order valence-electron chi connectivity index (χ2n) is 6.15. The van der Waals surface area contributed by atoms with Crippen LogP contribution < -0.4 is 10.6 Å². The molecule has 1 amide bonds. The largest absolute Gasteiger partial charge is 0.462 e. The van der Waals surface area contributed by atoms with Crippen LogP contribution in [0.3, 0.4) is 0 Å². The minimum atomic E-state index is -0.370. The number of aromatic nitrogens is 3. The van der Waals surface area contributed by atoms with Gasteiger partial charge in [-0.1, -0.05) is 0 Å². The van der Waals surface area contributed by atoms with E-state index in [-0.39, 0.29) is 17.6 Å². The smallest absolute Gasteiger partial charge is 0.338 e. The number of amides is 1. The standard InChI is InChI=1S/C21H21N5O3/c1-3-29-21(28)16-4-6-17(7-5-16)26-19-12-18(24-14(2)25-19)20(27)23-13-15-8-10-22-11-9-15/h4-12H,3,13H2,1-2H3,(H,23,27)(H,24,25,26). The van der Waals surface area contributed by atoms with E-state index in [4.69, 9.17) is 4.74 Å². The van der Waals surface area contributed by atoms with Gasteiger partial charge in [-0.25, -0.2) is 14.8 Å². The fraction of sp³-hybridized carbons (Fsp3) is 0.190. The molecule has 29 heavy (non-hydrogen) atoms. The molecular formula is C21H21N5O3. The summed E-state index contributed by atoms with van der Waals surface area (Å²) in [6, 6.07) is 12.1. The third-order valence-electron chi connectivity index (χ3n) is 3.94. The molecule has 2 aromatic heterocycles. The Labute approximate surface area is 168 Å². The molecule has 0 spiro atoms. The van der Waals surface area contributed by atoms with Gasteiger partial charge in [0.1, 0.15) is 17.3 Å².